The zero-order chi connectivity index (χ0) is 17.1. The largest absolute Gasteiger partial charge is 0.480 e. The molecule has 1 aliphatic rings. The highest BCUT2D eigenvalue weighted by molar-refractivity contribution is 6.35. The van der Waals surface area contributed by atoms with Crippen LogP contribution in [0.1, 0.15) is 18.9 Å². The van der Waals surface area contributed by atoms with Gasteiger partial charge in [-0.25, -0.2) is 4.79 Å². The Labute approximate surface area is 145 Å². The molecule has 1 N–H and O–H groups in total. The van der Waals surface area contributed by atoms with Gasteiger partial charge in [-0.1, -0.05) is 36.2 Å². The predicted octanol–water partition coefficient (Wildman–Crippen LogP) is 2.87. The van der Waals surface area contributed by atoms with E-state index < -0.39 is 12.0 Å². The van der Waals surface area contributed by atoms with Crippen molar-refractivity contribution in [1.29, 1.82) is 0 Å². The molecule has 1 saturated heterocycles. The second-order valence-corrected chi connectivity index (χ2v) is 6.62. The van der Waals surface area contributed by atoms with Gasteiger partial charge in [0.1, 0.15) is 6.04 Å². The van der Waals surface area contributed by atoms with Crippen molar-refractivity contribution in [2.45, 2.75) is 31.9 Å². The number of amides is 1. The number of ether oxygens (including phenoxy) is 1. The van der Waals surface area contributed by atoms with Gasteiger partial charge in [-0.05, 0) is 24.1 Å². The lowest BCUT2D eigenvalue weighted by Gasteiger charge is -2.25. The van der Waals surface area contributed by atoms with Crippen molar-refractivity contribution in [3.8, 4) is 0 Å². The molecule has 0 aliphatic carbocycles. The lowest BCUT2D eigenvalue weighted by molar-refractivity contribution is -0.149. The van der Waals surface area contributed by atoms with Crippen LogP contribution in [-0.2, 0) is 20.7 Å². The molecule has 23 heavy (non-hydrogen) atoms. The molecule has 1 fully saturated rings. The van der Waals surface area contributed by atoms with Gasteiger partial charge in [0.05, 0.1) is 6.10 Å². The number of halogens is 2. The van der Waals surface area contributed by atoms with Crippen LogP contribution < -0.4 is 0 Å². The second kappa shape index (κ2) is 7.51. The molecule has 0 radical (unpaired) electrons. The van der Waals surface area contributed by atoms with Crippen molar-refractivity contribution in [3.63, 3.8) is 0 Å². The van der Waals surface area contributed by atoms with E-state index in [1.807, 2.05) is 0 Å². The summed E-state index contributed by atoms with van der Waals surface area (Å²) in [5.74, 6) is -1.59. The molecule has 126 valence electrons. The number of carbonyl (C=O) groups is 2. The minimum Gasteiger partial charge on any atom is -0.480 e. The first-order valence-corrected chi connectivity index (χ1v) is 8.09. The number of methoxy groups -OCH3 is 1. The first kappa shape index (κ1) is 18.0. The third-order valence-corrected chi connectivity index (χ3v) is 4.71. The van der Waals surface area contributed by atoms with Crippen LogP contribution in [0.25, 0.3) is 0 Å². The lowest BCUT2D eigenvalue weighted by Crippen LogP contribution is -2.43. The molecule has 1 aromatic rings. The predicted molar refractivity (Wildman–Crippen MR) is 87.9 cm³/mol. The number of hydrogen-bond acceptors (Lipinski definition) is 3. The van der Waals surface area contributed by atoms with Gasteiger partial charge < -0.3 is 14.7 Å². The van der Waals surface area contributed by atoms with E-state index in [2.05, 4.69) is 0 Å². The molecule has 1 aliphatic heterocycles. The van der Waals surface area contributed by atoms with E-state index in [1.165, 1.54) is 12.0 Å². The highest BCUT2D eigenvalue weighted by Gasteiger charge is 2.41. The maximum Gasteiger partial charge on any atom is 0.326 e. The van der Waals surface area contributed by atoms with E-state index in [0.717, 1.165) is 5.56 Å². The van der Waals surface area contributed by atoms with Crippen LogP contribution in [-0.4, -0.2) is 47.7 Å². The molecule has 1 heterocycles. The zero-order valence-electron chi connectivity index (χ0n) is 13.0. The first-order chi connectivity index (χ1) is 10.8. The van der Waals surface area contributed by atoms with E-state index in [0.29, 0.717) is 29.4 Å². The third-order valence-electron chi connectivity index (χ3n) is 4.13. The summed E-state index contributed by atoms with van der Waals surface area (Å²) in [5.41, 5.74) is 0.811. The molecule has 1 amide bonds. The molecular formula is C16H19Cl2NO4. The fourth-order valence-corrected chi connectivity index (χ4v) is 3.32. The molecule has 0 spiro atoms. The number of rotatable bonds is 5. The summed E-state index contributed by atoms with van der Waals surface area (Å²) in [6.07, 6.45) is 0.493. The van der Waals surface area contributed by atoms with E-state index >= 15 is 0 Å². The molecule has 7 heteroatoms. The number of aliphatic carboxylic acids is 1. The minimum atomic E-state index is -1.00. The number of hydrogen-bond donors (Lipinski definition) is 1. The van der Waals surface area contributed by atoms with Crippen molar-refractivity contribution in [2.75, 3.05) is 13.7 Å². The molecule has 1 aromatic carbocycles. The number of carbonyl (C=O) groups excluding carboxylic acids is 1. The highest BCUT2D eigenvalue weighted by atomic mass is 35.5. The Kier molecular flexibility index (Phi) is 5.89. The van der Waals surface area contributed by atoms with Crippen LogP contribution in [0.5, 0.6) is 0 Å². The average molecular weight is 360 g/mol. The second-order valence-electron chi connectivity index (χ2n) is 5.78. The summed E-state index contributed by atoms with van der Waals surface area (Å²) < 4.78 is 5.21. The van der Waals surface area contributed by atoms with Crippen LogP contribution in [0.3, 0.4) is 0 Å². The molecular weight excluding hydrogens is 341 g/mol. The van der Waals surface area contributed by atoms with Crippen molar-refractivity contribution >= 4 is 35.1 Å². The summed E-state index contributed by atoms with van der Waals surface area (Å²) in [4.78, 5) is 25.4. The molecule has 0 saturated carbocycles. The number of carboxylic acid groups (broad SMARTS) is 1. The third kappa shape index (κ3) is 4.16. The molecule has 0 bridgehead atoms. The summed E-state index contributed by atoms with van der Waals surface area (Å²) in [6, 6.07) is 4.30. The molecule has 5 nitrogen and oxygen atoms in total. The van der Waals surface area contributed by atoms with Gasteiger partial charge in [0.15, 0.2) is 0 Å². The summed E-state index contributed by atoms with van der Waals surface area (Å²) >= 11 is 12.0. The van der Waals surface area contributed by atoms with Crippen molar-refractivity contribution in [1.82, 2.24) is 4.90 Å². The van der Waals surface area contributed by atoms with Crippen LogP contribution in [0.4, 0.5) is 0 Å². The quantitative estimate of drug-likeness (QED) is 0.877. The van der Waals surface area contributed by atoms with Crippen LogP contribution in [0.2, 0.25) is 10.0 Å². The van der Waals surface area contributed by atoms with E-state index in [1.54, 1.807) is 25.1 Å². The van der Waals surface area contributed by atoms with Gasteiger partial charge in [-0.15, -0.1) is 0 Å². The Bertz CT molecular complexity index is 608. The van der Waals surface area contributed by atoms with Crippen LogP contribution in [0.15, 0.2) is 18.2 Å². The normalized spacial score (nSPS) is 22.2. The fraction of sp³-hybridized carbons (Fsp3) is 0.500. The Morgan fingerprint density at radius 2 is 2.13 bits per heavy atom. The number of likely N-dealkylation sites (tertiary alicyclic amines) is 1. The highest BCUT2D eigenvalue weighted by Crippen LogP contribution is 2.27. The summed E-state index contributed by atoms with van der Waals surface area (Å²) in [5, 5.41) is 10.3. The van der Waals surface area contributed by atoms with Gasteiger partial charge in [0.2, 0.25) is 5.91 Å². The molecule has 3 unspecified atom stereocenters. The number of carboxylic acids is 1. The molecule has 2 rings (SSSR count). The van der Waals surface area contributed by atoms with Gasteiger partial charge in [0.25, 0.3) is 0 Å². The molecule has 0 aromatic heterocycles. The van der Waals surface area contributed by atoms with Gasteiger partial charge in [0, 0.05) is 36.0 Å². The standard InChI is InChI=1S/C16H19Cl2NO4/c1-9(5-10-3-4-11(17)6-13(10)18)15(20)19-8-12(23-2)7-14(19)16(21)22/h3-4,6,9,12,14H,5,7-8H2,1-2H3,(H,21,22). The fourth-order valence-electron chi connectivity index (χ4n) is 2.83. The Hall–Kier alpha value is -1.30. The van der Waals surface area contributed by atoms with Crippen LogP contribution in [0, 0.1) is 5.92 Å². The minimum absolute atomic E-state index is 0.206. The number of nitrogens with zero attached hydrogens (tertiary/aromatic N) is 1. The van der Waals surface area contributed by atoms with Gasteiger partial charge in [-0.3, -0.25) is 4.79 Å². The van der Waals surface area contributed by atoms with Crippen molar-refractivity contribution < 1.29 is 19.4 Å². The van der Waals surface area contributed by atoms with Crippen LogP contribution >= 0.6 is 23.2 Å². The average Bonchev–Trinajstić information content (AvgIpc) is 2.93. The SMILES string of the molecule is COC1CC(C(=O)O)N(C(=O)C(C)Cc2ccc(Cl)cc2Cl)C1. The van der Waals surface area contributed by atoms with E-state index in [4.69, 9.17) is 27.9 Å². The molecule has 3 atom stereocenters. The van der Waals surface area contributed by atoms with Crippen molar-refractivity contribution in [2.24, 2.45) is 5.92 Å². The van der Waals surface area contributed by atoms with Gasteiger partial charge >= 0.3 is 5.97 Å². The summed E-state index contributed by atoms with van der Waals surface area (Å²) in [7, 11) is 1.52. The van der Waals surface area contributed by atoms with Gasteiger partial charge in [-0.2, -0.15) is 0 Å². The Morgan fingerprint density at radius 3 is 2.70 bits per heavy atom. The Morgan fingerprint density at radius 1 is 1.43 bits per heavy atom. The maximum atomic E-state index is 12.6. The Balaban J connectivity index is 2.10. The number of benzene rings is 1. The van der Waals surface area contributed by atoms with E-state index in [9.17, 15) is 14.7 Å². The monoisotopic (exact) mass is 359 g/mol. The maximum absolute atomic E-state index is 12.6. The lowest BCUT2D eigenvalue weighted by atomic mass is 9.99. The van der Waals surface area contributed by atoms with E-state index in [-0.39, 0.29) is 17.9 Å². The summed E-state index contributed by atoms with van der Waals surface area (Å²) in [6.45, 7) is 2.07. The topological polar surface area (TPSA) is 66.8 Å². The smallest absolute Gasteiger partial charge is 0.326 e. The van der Waals surface area contributed by atoms with Crippen molar-refractivity contribution in [3.05, 3.63) is 33.8 Å². The zero-order valence-corrected chi connectivity index (χ0v) is 14.5. The first-order valence-electron chi connectivity index (χ1n) is 7.33.